The Morgan fingerprint density at radius 3 is 2.68 bits per heavy atom. The third-order valence-corrected chi connectivity index (χ3v) is 5.65. The molecular formula is C22H33N5O. The van der Waals surface area contributed by atoms with Crippen LogP contribution in [0.5, 0.6) is 0 Å². The van der Waals surface area contributed by atoms with Gasteiger partial charge in [0.05, 0.1) is 12.7 Å². The van der Waals surface area contributed by atoms with Gasteiger partial charge in [-0.25, -0.2) is 4.68 Å². The van der Waals surface area contributed by atoms with Gasteiger partial charge in [0.1, 0.15) is 5.82 Å². The summed E-state index contributed by atoms with van der Waals surface area (Å²) in [5, 5.41) is 7.55. The summed E-state index contributed by atoms with van der Waals surface area (Å²) in [6, 6.07) is 8.81. The zero-order valence-electron chi connectivity index (χ0n) is 17.6. The van der Waals surface area contributed by atoms with Crippen LogP contribution in [0.1, 0.15) is 36.5 Å². The Bertz CT molecular complexity index is 792. The molecule has 2 aromatic rings. The van der Waals surface area contributed by atoms with Crippen LogP contribution >= 0.6 is 0 Å². The molecule has 1 amide bonds. The molecule has 1 atom stereocenters. The number of aryl methyl sites for hydroxylation is 2. The average molecular weight is 384 g/mol. The van der Waals surface area contributed by atoms with Crippen molar-refractivity contribution in [3.8, 4) is 0 Å². The first-order valence-corrected chi connectivity index (χ1v) is 10.2. The van der Waals surface area contributed by atoms with Gasteiger partial charge in [0.2, 0.25) is 5.91 Å². The number of nitrogens with one attached hydrogen (secondary N) is 1. The number of anilines is 1. The van der Waals surface area contributed by atoms with Gasteiger partial charge < -0.3 is 10.2 Å². The Balaban J connectivity index is 1.54. The molecule has 0 aliphatic carbocycles. The van der Waals surface area contributed by atoms with Crippen molar-refractivity contribution in [1.29, 1.82) is 0 Å². The topological polar surface area (TPSA) is 53.4 Å². The predicted octanol–water partition coefficient (Wildman–Crippen LogP) is 2.90. The number of piperazine rings is 1. The first kappa shape index (κ1) is 20.6. The molecule has 0 bridgehead atoms. The summed E-state index contributed by atoms with van der Waals surface area (Å²) in [5.41, 5.74) is 3.40. The highest BCUT2D eigenvalue weighted by atomic mass is 16.1. The maximum Gasteiger partial charge on any atom is 0.225 e. The number of carbonyl (C=O) groups is 1. The summed E-state index contributed by atoms with van der Waals surface area (Å²) in [6.07, 6.45) is 3.22. The number of nitrogens with zero attached hydrogens (tertiary/aromatic N) is 4. The van der Waals surface area contributed by atoms with E-state index in [-0.39, 0.29) is 5.91 Å². The fourth-order valence-electron chi connectivity index (χ4n) is 3.72. The molecule has 1 unspecified atom stereocenters. The maximum atomic E-state index is 12.6. The Labute approximate surface area is 168 Å². The maximum absolute atomic E-state index is 12.6. The van der Waals surface area contributed by atoms with Gasteiger partial charge in [0.15, 0.2) is 0 Å². The van der Waals surface area contributed by atoms with E-state index in [1.807, 2.05) is 17.8 Å². The van der Waals surface area contributed by atoms with Gasteiger partial charge in [0, 0.05) is 44.2 Å². The Kier molecular flexibility index (Phi) is 6.86. The van der Waals surface area contributed by atoms with Crippen molar-refractivity contribution in [3.05, 3.63) is 47.2 Å². The molecule has 28 heavy (non-hydrogen) atoms. The van der Waals surface area contributed by atoms with Crippen LogP contribution in [0.25, 0.3) is 0 Å². The van der Waals surface area contributed by atoms with E-state index in [2.05, 4.69) is 65.4 Å². The third-order valence-electron chi connectivity index (χ3n) is 5.65. The molecule has 1 aromatic carbocycles. The number of carbonyl (C=O) groups excluding carboxylic acids is 1. The monoisotopic (exact) mass is 383 g/mol. The molecule has 2 heterocycles. The van der Waals surface area contributed by atoms with E-state index >= 15 is 0 Å². The molecule has 6 nitrogen and oxygen atoms in total. The molecule has 3 rings (SSSR count). The second-order valence-corrected chi connectivity index (χ2v) is 8.10. The Morgan fingerprint density at radius 2 is 1.96 bits per heavy atom. The van der Waals surface area contributed by atoms with E-state index in [9.17, 15) is 4.79 Å². The number of amides is 1. The van der Waals surface area contributed by atoms with Crippen molar-refractivity contribution in [2.45, 2.75) is 46.2 Å². The van der Waals surface area contributed by atoms with Crippen molar-refractivity contribution in [1.82, 2.24) is 19.6 Å². The molecule has 1 aliphatic rings. The van der Waals surface area contributed by atoms with Crippen LogP contribution in [0, 0.1) is 13.8 Å². The lowest BCUT2D eigenvalue weighted by molar-refractivity contribution is -0.116. The smallest absolute Gasteiger partial charge is 0.225 e. The minimum Gasteiger partial charge on any atom is -0.311 e. The molecule has 152 valence electrons. The summed E-state index contributed by atoms with van der Waals surface area (Å²) in [5.74, 6) is 0.869. The van der Waals surface area contributed by atoms with E-state index in [0.717, 1.165) is 44.0 Å². The lowest BCUT2D eigenvalue weighted by Gasteiger charge is -2.36. The lowest BCUT2D eigenvalue weighted by atomic mass is 10.1. The zero-order valence-corrected chi connectivity index (χ0v) is 17.6. The number of hydrogen-bond acceptors (Lipinski definition) is 4. The van der Waals surface area contributed by atoms with Gasteiger partial charge in [-0.3, -0.25) is 9.69 Å². The summed E-state index contributed by atoms with van der Waals surface area (Å²) in [7, 11) is 2.16. The normalized spacial score (nSPS) is 16.9. The molecular weight excluding hydrogens is 350 g/mol. The number of rotatable bonds is 7. The van der Waals surface area contributed by atoms with Crippen LogP contribution < -0.4 is 5.32 Å². The van der Waals surface area contributed by atoms with Gasteiger partial charge in [0.25, 0.3) is 0 Å². The fraction of sp³-hybridized carbons (Fsp3) is 0.545. The first-order valence-electron chi connectivity index (χ1n) is 10.2. The van der Waals surface area contributed by atoms with E-state index in [4.69, 9.17) is 0 Å². The van der Waals surface area contributed by atoms with Crippen LogP contribution in [0.3, 0.4) is 0 Å². The van der Waals surface area contributed by atoms with Crippen LogP contribution in [-0.2, 0) is 11.3 Å². The molecule has 1 N–H and O–H groups in total. The standard InChI is InChI=1S/C22H33N5O/c1-17-6-5-7-20(14-17)16-27-22(18(2)15-23-27)24-21(28)9-8-19(3)26-12-10-25(4)11-13-26/h5-7,14-15,19H,8-13,16H2,1-4H3,(H,24,28). The summed E-state index contributed by atoms with van der Waals surface area (Å²) < 4.78 is 1.88. The van der Waals surface area contributed by atoms with E-state index < -0.39 is 0 Å². The van der Waals surface area contributed by atoms with Gasteiger partial charge in [-0.2, -0.15) is 5.10 Å². The van der Waals surface area contributed by atoms with E-state index in [1.165, 1.54) is 11.1 Å². The minimum absolute atomic E-state index is 0.0649. The second kappa shape index (κ2) is 9.34. The van der Waals surface area contributed by atoms with Gasteiger partial charge in [-0.1, -0.05) is 29.8 Å². The Hall–Kier alpha value is -2.18. The summed E-state index contributed by atoms with van der Waals surface area (Å²) in [6.45, 7) is 11.3. The highest BCUT2D eigenvalue weighted by molar-refractivity contribution is 5.90. The molecule has 0 spiro atoms. The molecule has 1 aliphatic heterocycles. The van der Waals surface area contributed by atoms with Crippen molar-refractivity contribution in [3.63, 3.8) is 0 Å². The van der Waals surface area contributed by atoms with E-state index in [1.54, 1.807) is 0 Å². The summed E-state index contributed by atoms with van der Waals surface area (Å²) >= 11 is 0. The van der Waals surface area contributed by atoms with Crippen molar-refractivity contribution >= 4 is 11.7 Å². The van der Waals surface area contributed by atoms with Crippen molar-refractivity contribution < 1.29 is 4.79 Å². The third kappa shape index (κ3) is 5.42. The number of likely N-dealkylation sites (N-methyl/N-ethyl adjacent to an activating group) is 1. The fourth-order valence-corrected chi connectivity index (χ4v) is 3.72. The predicted molar refractivity (Wildman–Crippen MR) is 114 cm³/mol. The molecule has 0 radical (unpaired) electrons. The highest BCUT2D eigenvalue weighted by Crippen LogP contribution is 2.18. The van der Waals surface area contributed by atoms with Gasteiger partial charge in [-0.05, 0) is 39.8 Å². The minimum atomic E-state index is 0.0649. The largest absolute Gasteiger partial charge is 0.311 e. The Morgan fingerprint density at radius 1 is 1.21 bits per heavy atom. The molecule has 1 saturated heterocycles. The molecule has 0 saturated carbocycles. The molecule has 1 fully saturated rings. The zero-order chi connectivity index (χ0) is 20.1. The average Bonchev–Trinajstić information content (AvgIpc) is 3.00. The number of hydrogen-bond donors (Lipinski definition) is 1. The number of benzene rings is 1. The molecule has 1 aromatic heterocycles. The lowest BCUT2D eigenvalue weighted by Crippen LogP contribution is -2.48. The van der Waals surface area contributed by atoms with Crippen LogP contribution in [0.2, 0.25) is 0 Å². The summed E-state index contributed by atoms with van der Waals surface area (Å²) in [4.78, 5) is 17.4. The van der Waals surface area contributed by atoms with Gasteiger partial charge in [-0.15, -0.1) is 0 Å². The quantitative estimate of drug-likeness (QED) is 0.799. The second-order valence-electron chi connectivity index (χ2n) is 8.10. The highest BCUT2D eigenvalue weighted by Gasteiger charge is 2.20. The van der Waals surface area contributed by atoms with E-state index in [0.29, 0.717) is 19.0 Å². The SMILES string of the molecule is Cc1cccc(Cn2ncc(C)c2NC(=O)CCC(C)N2CCN(C)CC2)c1. The van der Waals surface area contributed by atoms with Gasteiger partial charge >= 0.3 is 0 Å². The molecule has 6 heteroatoms. The van der Waals surface area contributed by atoms with Crippen molar-refractivity contribution in [2.75, 3.05) is 38.5 Å². The van der Waals surface area contributed by atoms with Crippen LogP contribution in [0.15, 0.2) is 30.5 Å². The van der Waals surface area contributed by atoms with Crippen molar-refractivity contribution in [2.24, 2.45) is 0 Å². The van der Waals surface area contributed by atoms with Crippen LogP contribution in [-0.4, -0.2) is 64.8 Å². The van der Waals surface area contributed by atoms with Crippen LogP contribution in [0.4, 0.5) is 5.82 Å². The first-order chi connectivity index (χ1) is 13.4. The number of aromatic nitrogens is 2.